The number of hydrogen-bond donors (Lipinski definition) is 3. The molecule has 0 bridgehead atoms. The molecular formula is C17H22O6. The monoisotopic (exact) mass is 322 g/mol. The number of aliphatic hydroxyl groups is 1. The molecule has 0 saturated heterocycles. The van der Waals surface area contributed by atoms with Gasteiger partial charge in [0.2, 0.25) is 0 Å². The Hall–Kier alpha value is -2.34. The molecule has 0 saturated carbocycles. The molecule has 6 nitrogen and oxygen atoms in total. The summed E-state index contributed by atoms with van der Waals surface area (Å²) < 4.78 is 4.94. The molecule has 0 aromatic heterocycles. The van der Waals surface area contributed by atoms with E-state index in [0.29, 0.717) is 24.8 Å². The molecule has 1 aromatic carbocycles. The Morgan fingerprint density at radius 3 is 2.61 bits per heavy atom. The topological polar surface area (TPSA) is 104 Å². The van der Waals surface area contributed by atoms with Gasteiger partial charge in [-0.15, -0.1) is 0 Å². The van der Waals surface area contributed by atoms with Crippen molar-refractivity contribution in [1.82, 2.24) is 0 Å². The number of phenols is 2. The maximum atomic E-state index is 11.5. The van der Waals surface area contributed by atoms with Crippen molar-refractivity contribution in [3.05, 3.63) is 29.8 Å². The number of aliphatic hydroxyl groups excluding tert-OH is 1. The first-order valence-corrected chi connectivity index (χ1v) is 7.49. The van der Waals surface area contributed by atoms with Crippen molar-refractivity contribution in [3.63, 3.8) is 0 Å². The van der Waals surface area contributed by atoms with E-state index in [-0.39, 0.29) is 30.3 Å². The highest BCUT2D eigenvalue weighted by Gasteiger charge is 2.08. The SMILES string of the molecule is CCC(=O)CCC(O)CCOC(=O)/C=C/c1ccc(O)c(O)c1. The van der Waals surface area contributed by atoms with Crippen molar-refractivity contribution < 1.29 is 29.6 Å². The number of esters is 1. The molecule has 6 heteroatoms. The molecule has 3 N–H and O–H groups in total. The molecule has 0 aliphatic rings. The lowest BCUT2D eigenvalue weighted by Gasteiger charge is -2.09. The molecule has 1 atom stereocenters. The number of rotatable bonds is 9. The molecular weight excluding hydrogens is 300 g/mol. The van der Waals surface area contributed by atoms with Crippen LogP contribution in [0.15, 0.2) is 24.3 Å². The zero-order valence-electron chi connectivity index (χ0n) is 13.1. The highest BCUT2D eigenvalue weighted by atomic mass is 16.5. The van der Waals surface area contributed by atoms with Crippen LogP contribution < -0.4 is 0 Å². The van der Waals surface area contributed by atoms with E-state index in [0.717, 1.165) is 0 Å². The van der Waals surface area contributed by atoms with Crippen LogP contribution in [0.4, 0.5) is 0 Å². The normalized spacial score (nSPS) is 12.3. The summed E-state index contributed by atoms with van der Waals surface area (Å²) in [5.41, 5.74) is 0.537. The number of phenolic OH excluding ortho intramolecular Hbond substituents is 2. The van der Waals surface area contributed by atoms with Gasteiger partial charge in [-0.1, -0.05) is 13.0 Å². The Balaban J connectivity index is 2.29. The number of ether oxygens (including phenoxy) is 1. The average Bonchev–Trinajstić information content (AvgIpc) is 2.53. The zero-order chi connectivity index (χ0) is 17.2. The van der Waals surface area contributed by atoms with Crippen molar-refractivity contribution in [2.24, 2.45) is 0 Å². The molecule has 23 heavy (non-hydrogen) atoms. The van der Waals surface area contributed by atoms with Gasteiger partial charge in [0.05, 0.1) is 12.7 Å². The second-order valence-corrected chi connectivity index (χ2v) is 5.12. The Morgan fingerprint density at radius 2 is 1.96 bits per heavy atom. The van der Waals surface area contributed by atoms with Crippen LogP contribution in [-0.2, 0) is 14.3 Å². The van der Waals surface area contributed by atoms with Gasteiger partial charge >= 0.3 is 5.97 Å². The number of hydrogen-bond acceptors (Lipinski definition) is 6. The predicted molar refractivity (Wildman–Crippen MR) is 84.9 cm³/mol. The van der Waals surface area contributed by atoms with E-state index >= 15 is 0 Å². The molecule has 1 unspecified atom stereocenters. The molecule has 0 aliphatic carbocycles. The van der Waals surface area contributed by atoms with E-state index in [1.807, 2.05) is 0 Å². The number of benzene rings is 1. The van der Waals surface area contributed by atoms with Crippen molar-refractivity contribution in [1.29, 1.82) is 0 Å². The first-order chi connectivity index (χ1) is 10.9. The van der Waals surface area contributed by atoms with Crippen molar-refractivity contribution >= 4 is 17.8 Å². The molecule has 0 spiro atoms. The van der Waals surface area contributed by atoms with Gasteiger partial charge in [-0.25, -0.2) is 4.79 Å². The van der Waals surface area contributed by atoms with Gasteiger partial charge in [-0.05, 0) is 30.2 Å². The Kier molecular flexibility index (Phi) is 7.83. The quantitative estimate of drug-likeness (QED) is 0.366. The van der Waals surface area contributed by atoms with Crippen LogP contribution in [0.25, 0.3) is 6.08 Å². The number of carbonyl (C=O) groups is 2. The smallest absolute Gasteiger partial charge is 0.330 e. The zero-order valence-corrected chi connectivity index (χ0v) is 13.1. The lowest BCUT2D eigenvalue weighted by atomic mass is 10.1. The maximum Gasteiger partial charge on any atom is 0.330 e. The highest BCUT2D eigenvalue weighted by molar-refractivity contribution is 5.87. The highest BCUT2D eigenvalue weighted by Crippen LogP contribution is 2.25. The molecule has 0 heterocycles. The molecule has 0 fully saturated rings. The fourth-order valence-electron chi connectivity index (χ4n) is 1.80. The fourth-order valence-corrected chi connectivity index (χ4v) is 1.80. The van der Waals surface area contributed by atoms with E-state index in [1.165, 1.54) is 30.4 Å². The van der Waals surface area contributed by atoms with Crippen molar-refractivity contribution in [2.45, 2.75) is 38.7 Å². The largest absolute Gasteiger partial charge is 0.504 e. The summed E-state index contributed by atoms with van der Waals surface area (Å²) in [4.78, 5) is 22.6. The molecule has 1 rings (SSSR count). The van der Waals surface area contributed by atoms with E-state index in [2.05, 4.69) is 0 Å². The Bertz CT molecular complexity index is 564. The molecule has 1 aromatic rings. The predicted octanol–water partition coefficient (Wildman–Crippen LogP) is 2.16. The second-order valence-electron chi connectivity index (χ2n) is 5.12. The fraction of sp³-hybridized carbons (Fsp3) is 0.412. The maximum absolute atomic E-state index is 11.5. The minimum absolute atomic E-state index is 0.0610. The van der Waals surface area contributed by atoms with Gasteiger partial charge in [0, 0.05) is 25.3 Å². The Labute approximate surface area is 135 Å². The van der Waals surface area contributed by atoms with Gasteiger partial charge in [0.15, 0.2) is 11.5 Å². The van der Waals surface area contributed by atoms with Crippen molar-refractivity contribution in [3.8, 4) is 11.5 Å². The molecule has 0 amide bonds. The third-order valence-corrected chi connectivity index (χ3v) is 3.26. The first kappa shape index (κ1) is 18.7. The standard InChI is InChI=1S/C17H22O6/c1-2-13(18)5-6-14(19)9-10-23-17(22)8-4-12-3-7-15(20)16(21)11-12/h3-4,7-8,11,14,19-21H,2,5-6,9-10H2,1H3/b8-4+. The van der Waals surface area contributed by atoms with Crippen LogP contribution in [0.2, 0.25) is 0 Å². The summed E-state index contributed by atoms with van der Waals surface area (Å²) in [5.74, 6) is -0.985. The van der Waals surface area contributed by atoms with Crippen LogP contribution in [0.1, 0.15) is 38.2 Å². The van der Waals surface area contributed by atoms with Gasteiger partial charge in [-0.3, -0.25) is 4.79 Å². The van der Waals surface area contributed by atoms with Gasteiger partial charge < -0.3 is 20.1 Å². The number of ketones is 1. The molecule has 0 aliphatic heterocycles. The van der Waals surface area contributed by atoms with Crippen LogP contribution in [0, 0.1) is 0 Å². The summed E-state index contributed by atoms with van der Waals surface area (Å²) in [5, 5.41) is 28.2. The van der Waals surface area contributed by atoms with Gasteiger partial charge in [0.25, 0.3) is 0 Å². The van der Waals surface area contributed by atoms with Crippen LogP contribution in [-0.4, -0.2) is 39.8 Å². The summed E-state index contributed by atoms with van der Waals surface area (Å²) in [6.07, 6.45) is 3.39. The summed E-state index contributed by atoms with van der Waals surface area (Å²) in [7, 11) is 0. The van der Waals surface area contributed by atoms with Gasteiger partial charge in [0.1, 0.15) is 5.78 Å². The number of Topliss-reactive ketones (excluding diaryl/α,β-unsaturated/α-hetero) is 1. The number of carbonyl (C=O) groups excluding carboxylic acids is 2. The lowest BCUT2D eigenvalue weighted by molar-refractivity contribution is -0.138. The molecule has 126 valence electrons. The third-order valence-electron chi connectivity index (χ3n) is 3.26. The van der Waals surface area contributed by atoms with E-state index in [1.54, 1.807) is 6.92 Å². The van der Waals surface area contributed by atoms with Crippen LogP contribution in [0.5, 0.6) is 11.5 Å². The minimum atomic E-state index is -0.670. The van der Waals surface area contributed by atoms with E-state index < -0.39 is 12.1 Å². The van der Waals surface area contributed by atoms with Crippen molar-refractivity contribution in [2.75, 3.05) is 6.61 Å². The average molecular weight is 322 g/mol. The summed E-state index contributed by atoms with van der Waals surface area (Å²) in [6, 6.07) is 4.16. The minimum Gasteiger partial charge on any atom is -0.504 e. The van der Waals surface area contributed by atoms with Crippen LogP contribution in [0.3, 0.4) is 0 Å². The first-order valence-electron chi connectivity index (χ1n) is 7.49. The lowest BCUT2D eigenvalue weighted by Crippen LogP contribution is -2.14. The van der Waals surface area contributed by atoms with E-state index in [9.17, 15) is 24.9 Å². The van der Waals surface area contributed by atoms with E-state index in [4.69, 9.17) is 4.74 Å². The van der Waals surface area contributed by atoms with Crippen LogP contribution >= 0.6 is 0 Å². The summed E-state index contributed by atoms with van der Waals surface area (Å²) >= 11 is 0. The number of aromatic hydroxyl groups is 2. The summed E-state index contributed by atoms with van der Waals surface area (Å²) in [6.45, 7) is 1.84. The molecule has 0 radical (unpaired) electrons. The second kappa shape index (κ2) is 9.63. The van der Waals surface area contributed by atoms with Gasteiger partial charge in [-0.2, -0.15) is 0 Å². The Morgan fingerprint density at radius 1 is 1.22 bits per heavy atom. The third kappa shape index (κ3) is 7.46.